The number of carbonyl (C=O) groups is 2. The van der Waals surface area contributed by atoms with Crippen molar-refractivity contribution in [2.45, 2.75) is 56.9 Å². The van der Waals surface area contributed by atoms with Crippen molar-refractivity contribution in [1.82, 2.24) is 10.6 Å². The Kier molecular flexibility index (Phi) is 5.29. The number of benzene rings is 1. The zero-order chi connectivity index (χ0) is 19.0. The average Bonchev–Trinajstić information content (AvgIpc) is 2.52. The molecule has 2 saturated heterocycles. The fourth-order valence-electron chi connectivity index (χ4n) is 4.32. The Morgan fingerprint density at radius 2 is 1.42 bits per heavy atom. The van der Waals surface area contributed by atoms with E-state index >= 15 is 0 Å². The molecule has 142 valence electrons. The molecule has 6 nitrogen and oxygen atoms in total. The summed E-state index contributed by atoms with van der Waals surface area (Å²) < 4.78 is 14.6. The number of carbonyl (C=O) groups excluding carboxylic acids is 2. The van der Waals surface area contributed by atoms with Gasteiger partial charge in [0.25, 0.3) is 0 Å². The molecule has 2 fully saturated rings. The van der Waals surface area contributed by atoms with Crippen LogP contribution in [0.15, 0.2) is 24.3 Å². The number of rotatable bonds is 3. The summed E-state index contributed by atoms with van der Waals surface area (Å²) in [6.45, 7) is 3.55. The molecule has 0 spiro atoms. The molecule has 0 bridgehead atoms. The lowest BCUT2D eigenvalue weighted by molar-refractivity contribution is -0.142. The highest BCUT2D eigenvalue weighted by molar-refractivity contribution is 5.86. The van der Waals surface area contributed by atoms with E-state index in [0.717, 1.165) is 0 Å². The van der Waals surface area contributed by atoms with Gasteiger partial charge in [0.1, 0.15) is 5.82 Å². The summed E-state index contributed by atoms with van der Waals surface area (Å²) in [5.74, 6) is -4.40. The molecule has 1 aromatic rings. The summed E-state index contributed by atoms with van der Waals surface area (Å²) in [5.41, 5.74) is 0.162. The Morgan fingerprint density at radius 1 is 0.962 bits per heavy atom. The number of hydrogen-bond acceptors (Lipinski definition) is 4. The van der Waals surface area contributed by atoms with E-state index in [4.69, 9.17) is 0 Å². The van der Waals surface area contributed by atoms with Gasteiger partial charge >= 0.3 is 0 Å². The third kappa shape index (κ3) is 3.46. The number of amides is 2. The van der Waals surface area contributed by atoms with E-state index in [1.54, 1.807) is 19.9 Å². The summed E-state index contributed by atoms with van der Waals surface area (Å²) >= 11 is 0. The Hall–Kier alpha value is -1.99. The van der Waals surface area contributed by atoms with Gasteiger partial charge in [-0.05, 0) is 38.3 Å². The third-order valence-electron chi connectivity index (χ3n) is 5.44. The van der Waals surface area contributed by atoms with Crippen LogP contribution in [0.1, 0.15) is 38.2 Å². The molecule has 6 atom stereocenters. The van der Waals surface area contributed by atoms with Crippen LogP contribution in [0.4, 0.5) is 4.39 Å². The highest BCUT2D eigenvalue weighted by Crippen LogP contribution is 2.42. The fourth-order valence-corrected chi connectivity index (χ4v) is 4.32. The maximum atomic E-state index is 14.6. The van der Waals surface area contributed by atoms with E-state index in [2.05, 4.69) is 10.6 Å². The van der Waals surface area contributed by atoms with Crippen molar-refractivity contribution in [3.05, 3.63) is 35.6 Å². The van der Waals surface area contributed by atoms with Crippen LogP contribution < -0.4 is 10.6 Å². The summed E-state index contributed by atoms with van der Waals surface area (Å²) in [6.07, 6.45) is -1.44. The summed E-state index contributed by atoms with van der Waals surface area (Å²) in [4.78, 5) is 25.3. The maximum Gasteiger partial charge on any atom is 0.226 e. The normalized spacial score (nSPS) is 36.2. The van der Waals surface area contributed by atoms with Crippen LogP contribution >= 0.6 is 0 Å². The predicted octanol–water partition coefficient (Wildman–Crippen LogP) is 0.680. The lowest BCUT2D eigenvalue weighted by Gasteiger charge is -2.43. The molecular formula is C19H25FN2O4. The first-order valence-electron chi connectivity index (χ1n) is 9.01. The zero-order valence-electron chi connectivity index (χ0n) is 14.9. The van der Waals surface area contributed by atoms with Crippen LogP contribution in [0.2, 0.25) is 0 Å². The molecule has 3 rings (SSSR count). The topological polar surface area (TPSA) is 98.7 Å². The largest absolute Gasteiger partial charge is 0.392 e. The van der Waals surface area contributed by atoms with Gasteiger partial charge in [-0.25, -0.2) is 4.39 Å². The van der Waals surface area contributed by atoms with E-state index < -0.39 is 47.6 Å². The molecule has 4 N–H and O–H groups in total. The second kappa shape index (κ2) is 7.32. The van der Waals surface area contributed by atoms with E-state index in [0.29, 0.717) is 12.8 Å². The van der Waals surface area contributed by atoms with Crippen molar-refractivity contribution in [3.8, 4) is 0 Å². The molecule has 2 aliphatic heterocycles. The van der Waals surface area contributed by atoms with Crippen LogP contribution in [-0.4, -0.2) is 46.3 Å². The van der Waals surface area contributed by atoms with Gasteiger partial charge in [-0.15, -0.1) is 0 Å². The number of aliphatic hydroxyl groups is 2. The van der Waals surface area contributed by atoms with Crippen molar-refractivity contribution >= 4 is 11.8 Å². The molecule has 1 aromatic carbocycles. The maximum absolute atomic E-state index is 14.6. The third-order valence-corrected chi connectivity index (χ3v) is 5.44. The number of aliphatic hydroxyl groups excluding tert-OH is 2. The van der Waals surface area contributed by atoms with E-state index in [1.165, 1.54) is 18.2 Å². The summed E-state index contributed by atoms with van der Waals surface area (Å²) in [6, 6.07) is 5.50. The van der Waals surface area contributed by atoms with Crippen molar-refractivity contribution < 1.29 is 24.2 Å². The zero-order valence-corrected chi connectivity index (χ0v) is 14.9. The predicted molar refractivity (Wildman–Crippen MR) is 92.6 cm³/mol. The Bertz CT molecular complexity index is 662. The molecule has 6 unspecified atom stereocenters. The number of hydrogen-bond donors (Lipinski definition) is 4. The van der Waals surface area contributed by atoms with E-state index in [9.17, 15) is 24.2 Å². The van der Waals surface area contributed by atoms with E-state index in [1.807, 2.05) is 0 Å². The lowest BCUT2D eigenvalue weighted by atomic mass is 9.68. The van der Waals surface area contributed by atoms with Gasteiger partial charge in [-0.1, -0.05) is 18.2 Å². The first-order chi connectivity index (χ1) is 12.3. The van der Waals surface area contributed by atoms with Gasteiger partial charge in [-0.2, -0.15) is 0 Å². The van der Waals surface area contributed by atoms with Gasteiger partial charge < -0.3 is 20.8 Å². The van der Waals surface area contributed by atoms with Gasteiger partial charge in [0, 0.05) is 18.0 Å². The molecule has 7 heteroatoms. The van der Waals surface area contributed by atoms with Gasteiger partial charge in [0.2, 0.25) is 11.8 Å². The Morgan fingerprint density at radius 3 is 1.85 bits per heavy atom. The van der Waals surface area contributed by atoms with Gasteiger partial charge in [0.05, 0.1) is 24.0 Å². The highest BCUT2D eigenvalue weighted by Gasteiger charge is 2.50. The van der Waals surface area contributed by atoms with Gasteiger partial charge in [0.15, 0.2) is 0 Å². The highest BCUT2D eigenvalue weighted by atomic mass is 19.1. The second-order valence-electron chi connectivity index (χ2n) is 7.52. The second-order valence-corrected chi connectivity index (χ2v) is 7.52. The molecule has 2 heterocycles. The lowest BCUT2D eigenvalue weighted by Crippen LogP contribution is -2.58. The van der Waals surface area contributed by atoms with Crippen molar-refractivity contribution in [1.29, 1.82) is 0 Å². The van der Waals surface area contributed by atoms with E-state index in [-0.39, 0.29) is 17.6 Å². The smallest absolute Gasteiger partial charge is 0.226 e. The van der Waals surface area contributed by atoms with Crippen LogP contribution in [0.3, 0.4) is 0 Å². The molecule has 0 radical (unpaired) electrons. The summed E-state index contributed by atoms with van der Waals surface area (Å²) in [7, 11) is 0. The Balaban J connectivity index is 2.07. The number of nitrogens with one attached hydrogen (secondary N) is 2. The fraction of sp³-hybridized carbons (Fsp3) is 0.579. The van der Waals surface area contributed by atoms with Crippen molar-refractivity contribution in [2.75, 3.05) is 0 Å². The molecule has 0 saturated carbocycles. The minimum absolute atomic E-state index is 0.162. The van der Waals surface area contributed by atoms with Crippen molar-refractivity contribution in [3.63, 3.8) is 0 Å². The van der Waals surface area contributed by atoms with Crippen LogP contribution in [0.5, 0.6) is 0 Å². The first-order valence-corrected chi connectivity index (χ1v) is 9.01. The number of halogens is 1. The minimum Gasteiger partial charge on any atom is -0.392 e. The van der Waals surface area contributed by atoms with Crippen LogP contribution in [0.25, 0.3) is 0 Å². The number of piperidine rings is 2. The monoisotopic (exact) mass is 364 g/mol. The average molecular weight is 364 g/mol. The van der Waals surface area contributed by atoms with Gasteiger partial charge in [-0.3, -0.25) is 9.59 Å². The Labute approximate surface area is 151 Å². The van der Waals surface area contributed by atoms with Crippen LogP contribution in [0, 0.1) is 17.7 Å². The quantitative estimate of drug-likeness (QED) is 0.634. The molecule has 0 aromatic heterocycles. The molecule has 2 aliphatic rings. The molecule has 26 heavy (non-hydrogen) atoms. The van der Waals surface area contributed by atoms with Crippen molar-refractivity contribution in [2.24, 2.45) is 11.8 Å². The molecule has 2 amide bonds. The SMILES string of the molecule is CC1CC(O)C(C(c2ccccc2F)C2C(=O)NC(C)CC2O)C(=O)N1. The molecule has 0 aliphatic carbocycles. The molecular weight excluding hydrogens is 339 g/mol. The van der Waals surface area contributed by atoms with Crippen LogP contribution in [-0.2, 0) is 9.59 Å². The first kappa shape index (κ1) is 18.8. The standard InChI is InChI=1S/C19H25FN2O4/c1-9-7-13(23)16(18(25)21-9)15(11-5-3-4-6-12(11)20)17-14(24)8-10(2)22-19(17)26/h3-6,9-10,13-17,23-24H,7-8H2,1-2H3,(H,21,25)(H,22,26). The summed E-state index contributed by atoms with van der Waals surface area (Å²) in [5, 5.41) is 26.7. The minimum atomic E-state index is -1.03.